The van der Waals surface area contributed by atoms with Crippen LogP contribution in [0.4, 0.5) is 0 Å². The maximum absolute atomic E-state index is 13.5. The van der Waals surface area contributed by atoms with Gasteiger partial charge in [0.2, 0.25) is 11.8 Å². The van der Waals surface area contributed by atoms with Crippen LogP contribution >= 0.6 is 0 Å². The van der Waals surface area contributed by atoms with E-state index in [9.17, 15) is 9.59 Å². The maximum atomic E-state index is 13.5. The zero-order valence-corrected chi connectivity index (χ0v) is 27.1. The maximum Gasteiger partial charge on any atom is 0.221 e. The van der Waals surface area contributed by atoms with Crippen molar-refractivity contribution in [3.63, 3.8) is 0 Å². The molecule has 2 aliphatic rings. The Morgan fingerprint density at radius 1 is 0.644 bits per heavy atom. The molecule has 1 aliphatic carbocycles. The molecule has 1 saturated heterocycles. The second-order valence-electron chi connectivity index (χ2n) is 13.4. The largest absolute Gasteiger partial charge is 0.356 e. The highest BCUT2D eigenvalue weighted by atomic mass is 16.2. The van der Waals surface area contributed by atoms with Gasteiger partial charge in [-0.3, -0.25) is 9.59 Å². The molecule has 3 aromatic rings. The molecule has 3 aromatic carbocycles. The average Bonchev–Trinajstić information content (AvgIpc) is 3.09. The molecule has 2 fully saturated rings. The topological polar surface area (TPSA) is 61.4 Å². The first-order valence-electron chi connectivity index (χ1n) is 17.6. The minimum atomic E-state index is -0.586. The van der Waals surface area contributed by atoms with Gasteiger partial charge in [0.05, 0.1) is 5.41 Å². The number of hydrogen-bond donors (Lipinski definition) is 2. The smallest absolute Gasteiger partial charge is 0.221 e. The van der Waals surface area contributed by atoms with Crippen molar-refractivity contribution in [1.82, 2.24) is 15.5 Å². The van der Waals surface area contributed by atoms with Crippen LogP contribution in [0.25, 0.3) is 0 Å². The number of hydrogen-bond acceptors (Lipinski definition) is 3. The predicted molar refractivity (Wildman–Crippen MR) is 184 cm³/mol. The fourth-order valence-electron chi connectivity index (χ4n) is 7.66. The Kier molecular flexibility index (Phi) is 12.7. The first kappa shape index (κ1) is 32.9. The van der Waals surface area contributed by atoms with Crippen molar-refractivity contribution in [2.24, 2.45) is 11.8 Å². The van der Waals surface area contributed by atoms with Crippen LogP contribution in [-0.4, -0.2) is 49.4 Å². The van der Waals surface area contributed by atoms with E-state index in [2.05, 4.69) is 51.9 Å². The summed E-state index contributed by atoms with van der Waals surface area (Å²) < 4.78 is 0. The Morgan fingerprint density at radius 2 is 1.22 bits per heavy atom. The van der Waals surface area contributed by atoms with Crippen molar-refractivity contribution in [2.45, 2.75) is 82.5 Å². The van der Waals surface area contributed by atoms with Gasteiger partial charge < -0.3 is 15.5 Å². The molecule has 1 aliphatic heterocycles. The summed E-state index contributed by atoms with van der Waals surface area (Å²) in [5.74, 6) is 1.67. The predicted octanol–water partition coefficient (Wildman–Crippen LogP) is 7.50. The molecule has 240 valence electrons. The van der Waals surface area contributed by atoms with Gasteiger partial charge in [0.15, 0.2) is 0 Å². The summed E-state index contributed by atoms with van der Waals surface area (Å²) in [5, 5.41) is 6.42. The van der Waals surface area contributed by atoms with Crippen molar-refractivity contribution in [3.8, 4) is 0 Å². The first-order valence-corrected chi connectivity index (χ1v) is 17.6. The Balaban J connectivity index is 1.04. The number of rotatable bonds is 15. The zero-order valence-electron chi connectivity index (χ0n) is 27.1. The van der Waals surface area contributed by atoms with Crippen LogP contribution in [0.2, 0.25) is 0 Å². The quantitative estimate of drug-likeness (QED) is 0.139. The lowest BCUT2D eigenvalue weighted by Crippen LogP contribution is -2.42. The lowest BCUT2D eigenvalue weighted by Gasteiger charge is -2.36. The molecule has 1 unspecified atom stereocenters. The fraction of sp³-hybridized carbons (Fsp3) is 0.500. The van der Waals surface area contributed by atoms with Gasteiger partial charge in [-0.2, -0.15) is 0 Å². The summed E-state index contributed by atoms with van der Waals surface area (Å²) in [6, 6.07) is 31.1. The van der Waals surface area contributed by atoms with Crippen molar-refractivity contribution >= 4 is 11.8 Å². The molecule has 1 atom stereocenters. The molecule has 1 heterocycles. The number of nitrogens with zero attached hydrogens (tertiary/aromatic N) is 1. The lowest BCUT2D eigenvalue weighted by atomic mass is 9.67. The van der Waals surface area contributed by atoms with Crippen LogP contribution in [0.15, 0.2) is 91.0 Å². The number of carbonyl (C=O) groups is 2. The normalized spacial score (nSPS) is 17.9. The van der Waals surface area contributed by atoms with E-state index in [-0.39, 0.29) is 11.8 Å². The summed E-state index contributed by atoms with van der Waals surface area (Å²) in [6.07, 6.45) is 13.0. The average molecular weight is 608 g/mol. The minimum Gasteiger partial charge on any atom is -0.356 e. The molecular weight excluding hydrogens is 554 g/mol. The van der Waals surface area contributed by atoms with Crippen molar-refractivity contribution < 1.29 is 9.59 Å². The van der Waals surface area contributed by atoms with Crippen molar-refractivity contribution in [2.75, 3.05) is 32.7 Å². The van der Waals surface area contributed by atoms with Crippen LogP contribution in [0.5, 0.6) is 0 Å². The van der Waals surface area contributed by atoms with E-state index >= 15 is 0 Å². The van der Waals surface area contributed by atoms with Crippen LogP contribution in [0.3, 0.4) is 0 Å². The highest BCUT2D eigenvalue weighted by Gasteiger charge is 2.38. The Bertz CT molecular complexity index is 1190. The Labute approximate surface area is 271 Å². The van der Waals surface area contributed by atoms with Gasteiger partial charge in [-0.25, -0.2) is 0 Å². The number of unbranched alkanes of at least 4 members (excludes halogenated alkanes) is 2. The Hall–Kier alpha value is -3.44. The van der Waals surface area contributed by atoms with E-state index in [4.69, 9.17) is 0 Å². The number of amides is 2. The van der Waals surface area contributed by atoms with Crippen LogP contribution in [0, 0.1) is 11.8 Å². The summed E-state index contributed by atoms with van der Waals surface area (Å²) in [6.45, 7) is 5.04. The number of piperidine rings is 1. The van der Waals surface area contributed by atoms with Crippen LogP contribution < -0.4 is 10.6 Å². The molecule has 1 saturated carbocycles. The van der Waals surface area contributed by atoms with E-state index in [1.165, 1.54) is 58.0 Å². The monoisotopic (exact) mass is 607 g/mol. The van der Waals surface area contributed by atoms with Crippen LogP contribution in [0.1, 0.15) is 93.7 Å². The summed E-state index contributed by atoms with van der Waals surface area (Å²) in [5.41, 5.74) is 2.73. The lowest BCUT2D eigenvalue weighted by molar-refractivity contribution is -0.122. The molecule has 0 aromatic heterocycles. The minimum absolute atomic E-state index is 0.0364. The van der Waals surface area contributed by atoms with E-state index in [1.807, 2.05) is 54.6 Å². The highest BCUT2D eigenvalue weighted by molar-refractivity contribution is 5.80. The standard InChI is InChI=1S/C40H53N3O2/c44-38(42-30-34-19-16-28-43(32-34)31-33-17-6-1-7-18-33)26-14-5-15-27-41-39(45)29-40(35-20-8-2-9-21-35,36-22-10-3-11-23-36)37-24-12-4-13-25-37/h2-4,8-13,20-25,33-34H,1,5-7,14-19,26-32H2,(H,41,45)(H,42,44). The first-order chi connectivity index (χ1) is 22.1. The molecule has 5 rings (SSSR count). The van der Waals surface area contributed by atoms with E-state index < -0.39 is 5.41 Å². The van der Waals surface area contributed by atoms with Crippen molar-refractivity contribution in [1.29, 1.82) is 0 Å². The number of nitrogens with one attached hydrogen (secondary N) is 2. The van der Waals surface area contributed by atoms with Gasteiger partial charge in [0.25, 0.3) is 0 Å². The Morgan fingerprint density at radius 3 is 1.82 bits per heavy atom. The molecule has 2 amide bonds. The number of carbonyl (C=O) groups excluding carboxylic acids is 2. The van der Waals surface area contributed by atoms with Gasteiger partial charge in [0, 0.05) is 39.0 Å². The third kappa shape index (κ3) is 9.53. The SMILES string of the molecule is O=C(CCCCCNC(=O)CC(c1ccccc1)(c1ccccc1)c1ccccc1)NCC1CCCN(CC2CCCCC2)C1. The van der Waals surface area contributed by atoms with Crippen molar-refractivity contribution in [3.05, 3.63) is 108 Å². The van der Waals surface area contributed by atoms with E-state index in [1.54, 1.807) is 0 Å². The molecule has 0 spiro atoms. The second kappa shape index (κ2) is 17.3. The molecule has 0 radical (unpaired) electrons. The molecule has 2 N–H and O–H groups in total. The van der Waals surface area contributed by atoms with Gasteiger partial charge in [-0.05, 0) is 73.6 Å². The van der Waals surface area contributed by atoms with E-state index in [0.717, 1.165) is 55.0 Å². The zero-order chi connectivity index (χ0) is 31.2. The van der Waals surface area contributed by atoms with Gasteiger partial charge in [-0.1, -0.05) is 117 Å². The molecule has 5 heteroatoms. The highest BCUT2D eigenvalue weighted by Crippen LogP contribution is 2.42. The molecule has 45 heavy (non-hydrogen) atoms. The fourth-order valence-corrected chi connectivity index (χ4v) is 7.66. The van der Waals surface area contributed by atoms with Gasteiger partial charge >= 0.3 is 0 Å². The summed E-state index contributed by atoms with van der Waals surface area (Å²) in [4.78, 5) is 28.8. The third-order valence-corrected chi connectivity index (χ3v) is 10.1. The summed E-state index contributed by atoms with van der Waals surface area (Å²) >= 11 is 0. The summed E-state index contributed by atoms with van der Waals surface area (Å²) in [7, 11) is 0. The molecular formula is C40H53N3O2. The third-order valence-electron chi connectivity index (χ3n) is 10.1. The van der Waals surface area contributed by atoms with Crippen LogP contribution in [-0.2, 0) is 15.0 Å². The van der Waals surface area contributed by atoms with E-state index in [0.29, 0.717) is 25.3 Å². The van der Waals surface area contributed by atoms with Gasteiger partial charge in [-0.15, -0.1) is 0 Å². The second-order valence-corrected chi connectivity index (χ2v) is 13.4. The molecule has 5 nitrogen and oxygen atoms in total. The number of benzene rings is 3. The van der Waals surface area contributed by atoms with Gasteiger partial charge in [0.1, 0.15) is 0 Å². The molecule has 0 bridgehead atoms. The number of likely N-dealkylation sites (tertiary alicyclic amines) is 1.